The van der Waals surface area contributed by atoms with Crippen LogP contribution in [0.15, 0.2) is 48.5 Å². The second-order valence-corrected chi connectivity index (χ2v) is 8.61. The van der Waals surface area contributed by atoms with Gasteiger partial charge in [0, 0.05) is 18.9 Å². The number of rotatable bonds is 10. The van der Waals surface area contributed by atoms with E-state index < -0.39 is 36.6 Å². The van der Waals surface area contributed by atoms with Crippen LogP contribution in [0.1, 0.15) is 43.2 Å². The summed E-state index contributed by atoms with van der Waals surface area (Å²) in [6.45, 7) is 1.54. The van der Waals surface area contributed by atoms with E-state index in [0.717, 1.165) is 22.3 Å². The molecule has 10 heteroatoms. The maximum atomic E-state index is 13.5. The molecule has 3 N–H and O–H groups in total. The first-order valence-electron chi connectivity index (χ1n) is 11.2. The minimum Gasteiger partial charge on any atom is -0.481 e. The number of fused-ring (bicyclic) bond motifs is 3. The molecule has 2 atom stereocenters. The normalized spacial score (nSPS) is 14.4. The van der Waals surface area contributed by atoms with Crippen LogP contribution in [0.25, 0.3) is 11.1 Å². The molecule has 2 aromatic carbocycles. The Morgan fingerprint density at radius 1 is 1.00 bits per heavy atom. The minimum atomic E-state index is -4.86. The van der Waals surface area contributed by atoms with Crippen LogP contribution < -0.4 is 10.6 Å². The lowest BCUT2D eigenvalue weighted by Crippen LogP contribution is -2.48. The predicted octanol–water partition coefficient (Wildman–Crippen LogP) is 4.46. The Morgan fingerprint density at radius 3 is 2.11 bits per heavy atom. The quantitative estimate of drug-likeness (QED) is 0.454. The number of aliphatic carboxylic acids is 1. The number of hydrogen-bond acceptors (Lipinski definition) is 4. The summed E-state index contributed by atoms with van der Waals surface area (Å²) in [5.41, 5.74) is 3.81. The van der Waals surface area contributed by atoms with Crippen molar-refractivity contribution in [2.24, 2.45) is 5.92 Å². The third-order valence-corrected chi connectivity index (χ3v) is 5.90. The zero-order valence-corrected chi connectivity index (χ0v) is 19.1. The van der Waals surface area contributed by atoms with E-state index in [1.54, 1.807) is 12.2 Å². The molecule has 1 aliphatic rings. The van der Waals surface area contributed by atoms with Crippen LogP contribution in [-0.2, 0) is 14.3 Å². The average molecular weight is 492 g/mol. The van der Waals surface area contributed by atoms with E-state index in [4.69, 9.17) is 9.84 Å². The van der Waals surface area contributed by atoms with Gasteiger partial charge in [-0.05, 0) is 34.6 Å². The Balaban J connectivity index is 1.55. The molecular formula is C25H27F3N2O5. The molecular weight excluding hydrogens is 465 g/mol. The zero-order chi connectivity index (χ0) is 25.6. The first kappa shape index (κ1) is 26.1. The number of benzene rings is 2. The van der Waals surface area contributed by atoms with Gasteiger partial charge in [-0.2, -0.15) is 13.2 Å². The van der Waals surface area contributed by atoms with E-state index in [1.165, 1.54) is 0 Å². The number of nitrogens with one attached hydrogen (secondary N) is 2. The van der Waals surface area contributed by atoms with Gasteiger partial charge in [0.05, 0.1) is 6.42 Å². The van der Waals surface area contributed by atoms with E-state index in [1.807, 2.05) is 48.5 Å². The third kappa shape index (κ3) is 6.97. The Morgan fingerprint density at radius 2 is 1.57 bits per heavy atom. The van der Waals surface area contributed by atoms with Crippen molar-refractivity contribution in [2.75, 3.05) is 13.2 Å². The van der Waals surface area contributed by atoms with Crippen molar-refractivity contribution in [1.29, 1.82) is 0 Å². The highest BCUT2D eigenvalue weighted by Gasteiger charge is 2.42. The van der Waals surface area contributed by atoms with E-state index in [-0.39, 0.29) is 31.4 Å². The largest absolute Gasteiger partial charge is 0.481 e. The average Bonchev–Trinajstić information content (AvgIpc) is 3.10. The van der Waals surface area contributed by atoms with Crippen LogP contribution in [-0.4, -0.2) is 48.4 Å². The van der Waals surface area contributed by atoms with Gasteiger partial charge in [0.2, 0.25) is 5.91 Å². The van der Waals surface area contributed by atoms with Gasteiger partial charge in [0.25, 0.3) is 0 Å². The first-order chi connectivity index (χ1) is 16.6. The van der Waals surface area contributed by atoms with Crippen molar-refractivity contribution in [1.82, 2.24) is 10.6 Å². The molecule has 0 bridgehead atoms. The number of halogens is 3. The monoisotopic (exact) mass is 492 g/mol. The van der Waals surface area contributed by atoms with Crippen LogP contribution in [0.4, 0.5) is 18.0 Å². The molecule has 2 amide bonds. The fourth-order valence-electron chi connectivity index (χ4n) is 4.15. The van der Waals surface area contributed by atoms with Crippen molar-refractivity contribution in [3.8, 4) is 11.1 Å². The molecule has 1 aliphatic carbocycles. The molecule has 0 heterocycles. The van der Waals surface area contributed by atoms with Gasteiger partial charge in [-0.1, -0.05) is 55.5 Å². The molecule has 3 rings (SSSR count). The molecule has 2 aromatic rings. The van der Waals surface area contributed by atoms with Crippen molar-refractivity contribution in [3.63, 3.8) is 0 Å². The minimum absolute atomic E-state index is 0.0306. The summed E-state index contributed by atoms with van der Waals surface area (Å²) >= 11 is 0. The summed E-state index contributed by atoms with van der Waals surface area (Å²) < 4.78 is 45.5. The standard InChI is InChI=1S/C25H27F3N2O5/c1-15(12-23(32)33)10-11-29-22(31)13-21(25(26,27)28)30-24(34)35-14-20-18-8-4-2-6-16(18)17-7-3-5-9-19(17)20/h2-9,15,20-21H,10-14H2,1H3,(H,29,31)(H,30,34)(H,32,33). The summed E-state index contributed by atoms with van der Waals surface area (Å²) in [6, 6.07) is 12.7. The molecule has 0 aliphatic heterocycles. The SMILES string of the molecule is CC(CCNC(=O)CC(NC(=O)OCC1c2ccccc2-c2ccccc21)C(F)(F)F)CC(=O)O. The highest BCUT2D eigenvalue weighted by molar-refractivity contribution is 5.79. The van der Waals surface area contributed by atoms with Crippen molar-refractivity contribution in [2.45, 2.75) is 44.3 Å². The summed E-state index contributed by atoms with van der Waals surface area (Å²) in [5.74, 6) is -2.46. The predicted molar refractivity (Wildman–Crippen MR) is 122 cm³/mol. The van der Waals surface area contributed by atoms with Gasteiger partial charge < -0.3 is 20.5 Å². The molecule has 2 unspecified atom stereocenters. The Labute approximate surface area is 200 Å². The molecule has 0 radical (unpaired) electrons. The summed E-state index contributed by atoms with van der Waals surface area (Å²) in [4.78, 5) is 34.9. The summed E-state index contributed by atoms with van der Waals surface area (Å²) in [7, 11) is 0. The molecule has 35 heavy (non-hydrogen) atoms. The van der Waals surface area contributed by atoms with E-state index >= 15 is 0 Å². The molecule has 7 nitrogen and oxygen atoms in total. The summed E-state index contributed by atoms with van der Waals surface area (Å²) in [5, 5.41) is 12.8. The second-order valence-electron chi connectivity index (χ2n) is 8.61. The smallest absolute Gasteiger partial charge is 0.409 e. The highest BCUT2D eigenvalue weighted by atomic mass is 19.4. The lowest BCUT2D eigenvalue weighted by molar-refractivity contribution is -0.160. The van der Waals surface area contributed by atoms with Gasteiger partial charge >= 0.3 is 18.2 Å². The van der Waals surface area contributed by atoms with Gasteiger partial charge in [0.15, 0.2) is 0 Å². The first-order valence-corrected chi connectivity index (χ1v) is 11.2. The maximum absolute atomic E-state index is 13.5. The molecule has 0 fully saturated rings. The molecule has 188 valence electrons. The van der Waals surface area contributed by atoms with E-state index in [0.29, 0.717) is 6.42 Å². The van der Waals surface area contributed by atoms with Crippen LogP contribution >= 0.6 is 0 Å². The Kier molecular flexibility index (Phi) is 8.37. The number of carboxylic acid groups (broad SMARTS) is 1. The lowest BCUT2D eigenvalue weighted by atomic mass is 9.98. The number of hydrogen-bond donors (Lipinski definition) is 3. The van der Waals surface area contributed by atoms with Crippen LogP contribution in [0.2, 0.25) is 0 Å². The van der Waals surface area contributed by atoms with Crippen LogP contribution in [0.3, 0.4) is 0 Å². The third-order valence-electron chi connectivity index (χ3n) is 5.90. The lowest BCUT2D eigenvalue weighted by Gasteiger charge is -2.22. The van der Waals surface area contributed by atoms with Gasteiger partial charge in [-0.15, -0.1) is 0 Å². The molecule has 0 aromatic heterocycles. The zero-order valence-electron chi connectivity index (χ0n) is 19.1. The number of ether oxygens (including phenoxy) is 1. The van der Waals surface area contributed by atoms with Gasteiger partial charge in [-0.25, -0.2) is 4.79 Å². The Bertz CT molecular complexity index is 1030. The number of carboxylic acids is 1. The number of carbonyl (C=O) groups is 3. The van der Waals surface area contributed by atoms with Gasteiger partial charge in [0.1, 0.15) is 12.6 Å². The Hall–Kier alpha value is -3.56. The topological polar surface area (TPSA) is 105 Å². The van der Waals surface area contributed by atoms with Crippen LogP contribution in [0, 0.1) is 5.92 Å². The van der Waals surface area contributed by atoms with Crippen molar-refractivity contribution in [3.05, 3.63) is 59.7 Å². The van der Waals surface area contributed by atoms with E-state index in [2.05, 4.69) is 5.32 Å². The number of carbonyl (C=O) groups excluding carboxylic acids is 2. The fraction of sp³-hybridized carbons (Fsp3) is 0.400. The number of alkyl carbamates (subject to hydrolysis) is 1. The van der Waals surface area contributed by atoms with Crippen molar-refractivity contribution < 1.29 is 37.4 Å². The number of alkyl halides is 3. The van der Waals surface area contributed by atoms with Crippen molar-refractivity contribution >= 4 is 18.0 Å². The van der Waals surface area contributed by atoms with E-state index in [9.17, 15) is 27.6 Å². The summed E-state index contributed by atoms with van der Waals surface area (Å²) in [6.07, 6.45) is -6.95. The molecule has 0 saturated heterocycles. The second kappa shape index (κ2) is 11.2. The van der Waals surface area contributed by atoms with Crippen LogP contribution in [0.5, 0.6) is 0 Å². The molecule has 0 spiro atoms. The maximum Gasteiger partial charge on any atom is 0.409 e. The molecule has 0 saturated carbocycles. The number of amides is 2. The fourth-order valence-corrected chi connectivity index (χ4v) is 4.15. The highest BCUT2D eigenvalue weighted by Crippen LogP contribution is 2.44. The van der Waals surface area contributed by atoms with Gasteiger partial charge in [-0.3, -0.25) is 9.59 Å².